The number of allylic oxidation sites excluding steroid dienone is 10. The lowest BCUT2D eigenvalue weighted by molar-refractivity contribution is -0.121. The summed E-state index contributed by atoms with van der Waals surface area (Å²) in [6.07, 6.45) is 30.2. The quantitative estimate of drug-likeness (QED) is 0.146. The van der Waals surface area contributed by atoms with E-state index in [2.05, 4.69) is 83.2 Å². The molecule has 0 aromatic heterocycles. The van der Waals surface area contributed by atoms with E-state index in [1.54, 1.807) is 0 Å². The van der Waals surface area contributed by atoms with Crippen molar-refractivity contribution in [2.75, 3.05) is 58.9 Å². The number of amides is 2. The van der Waals surface area contributed by atoms with Gasteiger partial charge in [0.2, 0.25) is 11.8 Å². The van der Waals surface area contributed by atoms with Crippen LogP contribution in [0.4, 0.5) is 0 Å². The average Bonchev–Trinajstić information content (AvgIpc) is 2.90. The lowest BCUT2D eigenvalue weighted by Crippen LogP contribution is -2.45. The number of carbonyl (C=O) groups is 2. The van der Waals surface area contributed by atoms with E-state index in [1.807, 2.05) is 4.90 Å². The standard InChI is InChI=1S/C31H53N5O2/c1-2-3-4-5-6-7-8-9-10-11-12-13-14-15-16-17-18-20-31(38)34-23-28-36(29-30(32)37)25-19-24-35-26-21-33-22-27-35/h3-4,6-7,9-10,12-13,15-16,33H,2,5,8,11,14,17-29H2,1H3,(H2,32,37)(H,34,38)/b4-3-,7-6-,10-9-,13-12-,16-15-. The van der Waals surface area contributed by atoms with E-state index in [1.165, 1.54) is 0 Å². The molecule has 0 spiro atoms. The van der Waals surface area contributed by atoms with Crippen LogP contribution in [0.1, 0.15) is 64.7 Å². The molecule has 7 heteroatoms. The minimum Gasteiger partial charge on any atom is -0.369 e. The summed E-state index contributed by atoms with van der Waals surface area (Å²) in [7, 11) is 0. The van der Waals surface area contributed by atoms with Crippen molar-refractivity contribution in [3.63, 3.8) is 0 Å². The monoisotopic (exact) mass is 527 g/mol. The molecule has 1 rings (SSSR count). The van der Waals surface area contributed by atoms with Crippen LogP contribution in [0.3, 0.4) is 0 Å². The Kier molecular flexibility index (Phi) is 21.9. The van der Waals surface area contributed by atoms with Crippen LogP contribution in [0.25, 0.3) is 0 Å². The molecule has 0 bridgehead atoms. The van der Waals surface area contributed by atoms with Crippen molar-refractivity contribution in [2.45, 2.75) is 64.7 Å². The highest BCUT2D eigenvalue weighted by molar-refractivity contribution is 5.76. The van der Waals surface area contributed by atoms with Gasteiger partial charge in [-0.3, -0.25) is 14.5 Å². The molecule has 1 heterocycles. The third kappa shape index (κ3) is 21.6. The molecule has 4 N–H and O–H groups in total. The number of nitrogens with one attached hydrogen (secondary N) is 2. The van der Waals surface area contributed by atoms with Gasteiger partial charge in [-0.2, -0.15) is 0 Å². The summed E-state index contributed by atoms with van der Waals surface area (Å²) in [6, 6.07) is 0. The highest BCUT2D eigenvalue weighted by Gasteiger charge is 2.12. The molecule has 1 aliphatic rings. The van der Waals surface area contributed by atoms with E-state index < -0.39 is 0 Å². The number of hydrogen-bond acceptors (Lipinski definition) is 5. The van der Waals surface area contributed by atoms with Crippen LogP contribution in [-0.4, -0.2) is 80.5 Å². The van der Waals surface area contributed by atoms with Gasteiger partial charge < -0.3 is 21.3 Å². The summed E-state index contributed by atoms with van der Waals surface area (Å²) in [5, 5.41) is 6.34. The molecule has 0 atom stereocenters. The Morgan fingerprint density at radius 3 is 2.00 bits per heavy atom. The summed E-state index contributed by atoms with van der Waals surface area (Å²) >= 11 is 0. The molecule has 2 amide bonds. The number of nitrogens with zero attached hydrogens (tertiary/aromatic N) is 2. The van der Waals surface area contributed by atoms with Crippen LogP contribution in [0, 0.1) is 0 Å². The van der Waals surface area contributed by atoms with Gasteiger partial charge in [-0.15, -0.1) is 0 Å². The Bertz CT molecular complexity index is 751. The zero-order valence-electron chi connectivity index (χ0n) is 23.8. The second-order valence-electron chi connectivity index (χ2n) is 9.64. The predicted molar refractivity (Wildman–Crippen MR) is 161 cm³/mol. The van der Waals surface area contributed by atoms with Gasteiger partial charge in [0.1, 0.15) is 0 Å². The van der Waals surface area contributed by atoms with Gasteiger partial charge in [0.25, 0.3) is 0 Å². The lowest BCUT2D eigenvalue weighted by atomic mass is 10.2. The molecule has 0 aromatic carbocycles. The Balaban J connectivity index is 2.04. The highest BCUT2D eigenvalue weighted by atomic mass is 16.2. The van der Waals surface area contributed by atoms with Crippen LogP contribution in [0.5, 0.6) is 0 Å². The maximum Gasteiger partial charge on any atom is 0.231 e. The summed E-state index contributed by atoms with van der Waals surface area (Å²) in [5.74, 6) is -0.257. The fraction of sp³-hybridized carbons (Fsp3) is 0.613. The van der Waals surface area contributed by atoms with Gasteiger partial charge >= 0.3 is 0 Å². The van der Waals surface area contributed by atoms with E-state index >= 15 is 0 Å². The van der Waals surface area contributed by atoms with Crippen LogP contribution in [0.2, 0.25) is 0 Å². The van der Waals surface area contributed by atoms with Crippen molar-refractivity contribution in [1.82, 2.24) is 20.4 Å². The zero-order valence-corrected chi connectivity index (χ0v) is 23.8. The van der Waals surface area contributed by atoms with Crippen molar-refractivity contribution in [3.8, 4) is 0 Å². The van der Waals surface area contributed by atoms with Crippen molar-refractivity contribution in [3.05, 3.63) is 60.8 Å². The van der Waals surface area contributed by atoms with E-state index in [9.17, 15) is 9.59 Å². The Morgan fingerprint density at radius 2 is 1.42 bits per heavy atom. The van der Waals surface area contributed by atoms with E-state index in [0.29, 0.717) is 19.5 Å². The second kappa shape index (κ2) is 24.8. The molecule has 0 aromatic rings. The molecule has 0 radical (unpaired) electrons. The molecule has 38 heavy (non-hydrogen) atoms. The second-order valence-corrected chi connectivity index (χ2v) is 9.64. The van der Waals surface area contributed by atoms with E-state index in [4.69, 9.17) is 5.73 Å². The van der Waals surface area contributed by atoms with Gasteiger partial charge in [0.05, 0.1) is 6.54 Å². The molecule has 7 nitrogen and oxygen atoms in total. The average molecular weight is 528 g/mol. The first-order valence-electron chi connectivity index (χ1n) is 14.6. The zero-order chi connectivity index (χ0) is 27.5. The van der Waals surface area contributed by atoms with Gasteiger partial charge in [-0.1, -0.05) is 67.7 Å². The van der Waals surface area contributed by atoms with Gasteiger partial charge in [-0.25, -0.2) is 0 Å². The number of carbonyl (C=O) groups excluding carboxylic acids is 2. The third-order valence-electron chi connectivity index (χ3n) is 6.22. The first-order chi connectivity index (χ1) is 18.6. The largest absolute Gasteiger partial charge is 0.369 e. The Labute approximate surface area is 232 Å². The fourth-order valence-electron chi connectivity index (χ4n) is 4.13. The number of piperazine rings is 1. The molecule has 1 fully saturated rings. The summed E-state index contributed by atoms with van der Waals surface area (Å²) in [5.41, 5.74) is 5.41. The topological polar surface area (TPSA) is 90.7 Å². The lowest BCUT2D eigenvalue weighted by Gasteiger charge is -2.28. The summed E-state index contributed by atoms with van der Waals surface area (Å²) in [6.45, 7) is 9.64. The maximum atomic E-state index is 12.1. The molecular weight excluding hydrogens is 474 g/mol. The molecular formula is C31H53N5O2. The van der Waals surface area contributed by atoms with E-state index in [0.717, 1.165) is 90.6 Å². The maximum absolute atomic E-state index is 12.1. The molecule has 1 saturated heterocycles. The third-order valence-corrected chi connectivity index (χ3v) is 6.22. The molecule has 214 valence electrons. The minimum absolute atomic E-state index is 0.0668. The van der Waals surface area contributed by atoms with Crippen LogP contribution in [-0.2, 0) is 9.59 Å². The minimum atomic E-state index is -0.324. The molecule has 0 saturated carbocycles. The Morgan fingerprint density at radius 1 is 0.842 bits per heavy atom. The van der Waals surface area contributed by atoms with Crippen molar-refractivity contribution >= 4 is 11.8 Å². The number of rotatable bonds is 22. The van der Waals surface area contributed by atoms with Crippen molar-refractivity contribution < 1.29 is 9.59 Å². The molecule has 0 unspecified atom stereocenters. The fourth-order valence-corrected chi connectivity index (χ4v) is 4.13. The Hall–Kier alpha value is -2.48. The van der Waals surface area contributed by atoms with Crippen molar-refractivity contribution in [1.29, 1.82) is 0 Å². The van der Waals surface area contributed by atoms with Crippen LogP contribution >= 0.6 is 0 Å². The van der Waals surface area contributed by atoms with Gasteiger partial charge in [0, 0.05) is 45.7 Å². The van der Waals surface area contributed by atoms with Crippen LogP contribution < -0.4 is 16.4 Å². The van der Waals surface area contributed by atoms with E-state index in [-0.39, 0.29) is 18.4 Å². The number of primary amides is 1. The summed E-state index contributed by atoms with van der Waals surface area (Å²) in [4.78, 5) is 28.0. The normalized spacial score (nSPS) is 15.3. The first kappa shape index (κ1) is 33.5. The SMILES string of the molecule is CC/C=C\C/C=C\C/C=C\C/C=C\C/C=C\CCCC(=O)NCCN(CCCN1CCNCC1)CC(N)=O. The number of hydrogen-bond donors (Lipinski definition) is 3. The first-order valence-corrected chi connectivity index (χ1v) is 14.6. The van der Waals surface area contributed by atoms with Crippen LogP contribution in [0.15, 0.2) is 60.8 Å². The molecule has 1 aliphatic heterocycles. The van der Waals surface area contributed by atoms with Gasteiger partial charge in [0.15, 0.2) is 0 Å². The smallest absolute Gasteiger partial charge is 0.231 e. The molecule has 0 aliphatic carbocycles. The summed E-state index contributed by atoms with van der Waals surface area (Å²) < 4.78 is 0. The van der Waals surface area contributed by atoms with Crippen molar-refractivity contribution in [2.24, 2.45) is 5.73 Å². The number of nitrogens with two attached hydrogens (primary N) is 1. The van der Waals surface area contributed by atoms with Gasteiger partial charge in [-0.05, 0) is 64.5 Å². The highest BCUT2D eigenvalue weighted by Crippen LogP contribution is 2.01. The number of unbranched alkanes of at least 4 members (excludes halogenated alkanes) is 1. The predicted octanol–water partition coefficient (Wildman–Crippen LogP) is 4.11.